The van der Waals surface area contributed by atoms with Crippen LogP contribution in [-0.2, 0) is 4.79 Å². The average Bonchev–Trinajstić information content (AvgIpc) is 3.46. The number of allylic oxidation sites excluding steroid dienone is 1. The minimum absolute atomic E-state index is 0.293. The molecule has 0 bridgehead atoms. The number of hydrogen-bond donors (Lipinski definition) is 1. The van der Waals surface area contributed by atoms with Gasteiger partial charge in [-0.3, -0.25) is 14.2 Å². The summed E-state index contributed by atoms with van der Waals surface area (Å²) in [6.07, 6.45) is 4.92. The van der Waals surface area contributed by atoms with Gasteiger partial charge in [-0.15, -0.1) is 0 Å². The van der Waals surface area contributed by atoms with E-state index in [1.165, 1.54) is 39.8 Å². The molecule has 0 saturated carbocycles. The molecule has 5 aromatic rings. The molecule has 1 amide bonds. The van der Waals surface area contributed by atoms with Crippen LogP contribution in [0.15, 0.2) is 119 Å². The van der Waals surface area contributed by atoms with E-state index in [0.29, 0.717) is 52.3 Å². The Hall–Kier alpha value is -4.13. The molecule has 8 nitrogen and oxygen atoms in total. The molecule has 1 N–H and O–H groups in total. The molecule has 1 aliphatic rings. The summed E-state index contributed by atoms with van der Waals surface area (Å²) >= 11 is 5.92. The van der Waals surface area contributed by atoms with Crippen molar-refractivity contribution in [2.75, 3.05) is 5.32 Å². The molecule has 0 spiro atoms. The fraction of sp³-hybridized carbons (Fsp3) is 0.0690. The normalized spacial score (nSPS) is 15.0. The van der Waals surface area contributed by atoms with Crippen LogP contribution in [0.2, 0.25) is 0 Å². The third-order valence-corrected chi connectivity index (χ3v) is 8.87. The van der Waals surface area contributed by atoms with Gasteiger partial charge in [0, 0.05) is 24.2 Å². The number of nitrogens with one attached hydrogen (secondary N) is 1. The summed E-state index contributed by atoms with van der Waals surface area (Å²) in [5.41, 5.74) is 1.58. The van der Waals surface area contributed by atoms with Gasteiger partial charge in [-0.2, -0.15) is 0 Å². The van der Waals surface area contributed by atoms with Gasteiger partial charge in [0.1, 0.15) is 11.6 Å². The lowest BCUT2D eigenvalue weighted by Gasteiger charge is -2.25. The Labute approximate surface area is 249 Å². The van der Waals surface area contributed by atoms with E-state index < -0.39 is 17.8 Å². The van der Waals surface area contributed by atoms with Crippen LogP contribution in [0.5, 0.6) is 0 Å². The van der Waals surface area contributed by atoms with Gasteiger partial charge in [-0.25, -0.2) is 19.4 Å². The number of anilines is 1. The standard InChI is InChI=1S/C29H19BrFN5O3S2/c1-16-23(25(37)35-19-6-3-2-4-7-19)24(17-8-10-18(31)11-9-17)36-26(38)22(40-29(36)34-16)15-20-14-21(30)27(39-20)41-28-32-12-5-13-33-28/h2-15,24H,1H3,(H,35,37)/b22-15+/t24-/m1/s1. The first kappa shape index (κ1) is 27.1. The lowest BCUT2D eigenvalue weighted by Crippen LogP contribution is -2.40. The van der Waals surface area contributed by atoms with Crippen molar-refractivity contribution in [2.45, 2.75) is 23.2 Å². The SMILES string of the molecule is CC1=C(C(=O)Nc2ccccc2)[C@@H](c2ccc(F)cc2)n2c(s/c(=C/c3cc(Br)c(Sc4ncccn4)o3)c2=O)=N1. The Morgan fingerprint density at radius 3 is 2.59 bits per heavy atom. The number of hydrogen-bond acceptors (Lipinski definition) is 8. The number of para-hydroxylation sites is 1. The van der Waals surface area contributed by atoms with Crippen molar-refractivity contribution in [3.63, 3.8) is 0 Å². The Kier molecular flexibility index (Phi) is 7.52. The first-order valence-electron chi connectivity index (χ1n) is 12.3. The fourth-order valence-electron chi connectivity index (χ4n) is 4.35. The molecule has 4 heterocycles. The number of rotatable bonds is 6. The van der Waals surface area contributed by atoms with Gasteiger partial charge in [-0.1, -0.05) is 41.7 Å². The Balaban J connectivity index is 1.43. The van der Waals surface area contributed by atoms with Crippen molar-refractivity contribution in [1.82, 2.24) is 14.5 Å². The molecule has 1 aliphatic heterocycles. The zero-order valence-corrected chi connectivity index (χ0v) is 24.5. The highest BCUT2D eigenvalue weighted by Crippen LogP contribution is 2.34. The van der Waals surface area contributed by atoms with E-state index in [9.17, 15) is 14.0 Å². The van der Waals surface area contributed by atoms with Crippen molar-refractivity contribution in [1.29, 1.82) is 0 Å². The molecular formula is C29H19BrFN5O3S2. The van der Waals surface area contributed by atoms with E-state index >= 15 is 0 Å². The molecule has 2 aromatic carbocycles. The lowest BCUT2D eigenvalue weighted by molar-refractivity contribution is -0.113. The smallest absolute Gasteiger partial charge is 0.271 e. The molecule has 204 valence electrons. The Bertz CT molecular complexity index is 1970. The molecule has 0 radical (unpaired) electrons. The second-order valence-electron chi connectivity index (χ2n) is 8.87. The van der Waals surface area contributed by atoms with Gasteiger partial charge in [0.05, 0.1) is 26.3 Å². The number of furan rings is 1. The van der Waals surface area contributed by atoms with Crippen molar-refractivity contribution in [3.05, 3.63) is 132 Å². The summed E-state index contributed by atoms with van der Waals surface area (Å²) in [7, 11) is 0. The highest BCUT2D eigenvalue weighted by molar-refractivity contribution is 9.10. The molecule has 3 aromatic heterocycles. The molecule has 0 saturated heterocycles. The van der Waals surface area contributed by atoms with Crippen LogP contribution in [0.25, 0.3) is 6.08 Å². The lowest BCUT2D eigenvalue weighted by atomic mass is 9.95. The molecule has 0 fully saturated rings. The number of thiazole rings is 1. The number of nitrogens with zero attached hydrogens (tertiary/aromatic N) is 4. The summed E-state index contributed by atoms with van der Waals surface area (Å²) in [6.45, 7) is 1.73. The number of carbonyl (C=O) groups excluding carboxylic acids is 1. The third-order valence-electron chi connectivity index (χ3n) is 6.16. The summed E-state index contributed by atoms with van der Waals surface area (Å²) < 4.78 is 22.4. The number of amides is 1. The van der Waals surface area contributed by atoms with Crippen LogP contribution >= 0.6 is 39.0 Å². The van der Waals surface area contributed by atoms with Crippen molar-refractivity contribution < 1.29 is 13.6 Å². The minimum atomic E-state index is -0.817. The summed E-state index contributed by atoms with van der Waals surface area (Å²) in [5, 5.41) is 3.95. The van der Waals surface area contributed by atoms with Gasteiger partial charge in [0.25, 0.3) is 11.5 Å². The van der Waals surface area contributed by atoms with Crippen LogP contribution < -0.4 is 20.2 Å². The van der Waals surface area contributed by atoms with E-state index in [4.69, 9.17) is 4.42 Å². The van der Waals surface area contributed by atoms with E-state index in [1.807, 2.05) is 18.2 Å². The highest BCUT2D eigenvalue weighted by Gasteiger charge is 2.32. The second kappa shape index (κ2) is 11.4. The first-order chi connectivity index (χ1) is 19.9. The second-order valence-corrected chi connectivity index (χ2v) is 11.7. The van der Waals surface area contributed by atoms with Crippen LogP contribution in [0.1, 0.15) is 24.3 Å². The maximum Gasteiger partial charge on any atom is 0.271 e. The topological polar surface area (TPSA) is 102 Å². The first-order valence-corrected chi connectivity index (χ1v) is 14.7. The van der Waals surface area contributed by atoms with E-state index in [0.717, 1.165) is 0 Å². The molecule has 41 heavy (non-hydrogen) atoms. The zero-order valence-electron chi connectivity index (χ0n) is 21.2. The summed E-state index contributed by atoms with van der Waals surface area (Å²) in [5.74, 6) is -0.382. The van der Waals surface area contributed by atoms with Crippen LogP contribution in [0.3, 0.4) is 0 Å². The fourth-order valence-corrected chi connectivity index (χ4v) is 6.62. The van der Waals surface area contributed by atoms with Gasteiger partial charge in [-0.05, 0) is 76.6 Å². The van der Waals surface area contributed by atoms with Gasteiger partial charge in [0.15, 0.2) is 15.1 Å². The average molecular weight is 649 g/mol. The maximum absolute atomic E-state index is 13.9. The third kappa shape index (κ3) is 5.58. The van der Waals surface area contributed by atoms with Crippen molar-refractivity contribution in [3.8, 4) is 0 Å². The predicted molar refractivity (Wildman–Crippen MR) is 158 cm³/mol. The molecule has 1 atom stereocenters. The van der Waals surface area contributed by atoms with Crippen molar-refractivity contribution >= 4 is 56.7 Å². The monoisotopic (exact) mass is 647 g/mol. The summed E-state index contributed by atoms with van der Waals surface area (Å²) in [4.78, 5) is 40.9. The van der Waals surface area contributed by atoms with Gasteiger partial charge in [0.2, 0.25) is 0 Å². The molecule has 0 aliphatic carbocycles. The van der Waals surface area contributed by atoms with Crippen LogP contribution in [0, 0.1) is 5.82 Å². The van der Waals surface area contributed by atoms with Crippen molar-refractivity contribution in [2.24, 2.45) is 4.99 Å². The van der Waals surface area contributed by atoms with E-state index in [1.54, 1.807) is 61.8 Å². The molecule has 12 heteroatoms. The van der Waals surface area contributed by atoms with Gasteiger partial charge < -0.3 is 9.73 Å². The van der Waals surface area contributed by atoms with Crippen LogP contribution in [-0.4, -0.2) is 20.4 Å². The zero-order chi connectivity index (χ0) is 28.5. The molecular weight excluding hydrogens is 629 g/mol. The van der Waals surface area contributed by atoms with E-state index in [2.05, 4.69) is 36.2 Å². The predicted octanol–water partition coefficient (Wildman–Crippen LogP) is 5.31. The van der Waals surface area contributed by atoms with Crippen LogP contribution in [0.4, 0.5) is 10.1 Å². The Morgan fingerprint density at radius 1 is 1.12 bits per heavy atom. The number of carbonyl (C=O) groups is 1. The van der Waals surface area contributed by atoms with Gasteiger partial charge >= 0.3 is 0 Å². The largest absolute Gasteiger partial charge is 0.449 e. The summed E-state index contributed by atoms with van der Waals surface area (Å²) in [6, 6.07) is 17.4. The highest BCUT2D eigenvalue weighted by atomic mass is 79.9. The Morgan fingerprint density at radius 2 is 1.85 bits per heavy atom. The number of aromatic nitrogens is 3. The minimum Gasteiger partial charge on any atom is -0.449 e. The quantitative estimate of drug-likeness (QED) is 0.251. The number of fused-ring (bicyclic) bond motifs is 1. The number of benzene rings is 2. The maximum atomic E-state index is 13.9. The molecule has 0 unspecified atom stereocenters. The van der Waals surface area contributed by atoms with E-state index in [-0.39, 0.29) is 5.56 Å². The number of halogens is 2. The molecule has 6 rings (SSSR count).